The van der Waals surface area contributed by atoms with Crippen LogP contribution in [0.1, 0.15) is 46.2 Å². The van der Waals surface area contributed by atoms with Crippen molar-refractivity contribution in [2.75, 3.05) is 29.6 Å². The quantitative estimate of drug-likeness (QED) is 0.155. The van der Waals surface area contributed by atoms with Gasteiger partial charge in [0.05, 0.1) is 24.7 Å². The zero-order valence-electron chi connectivity index (χ0n) is 25.3. The van der Waals surface area contributed by atoms with Crippen molar-refractivity contribution in [2.24, 2.45) is 10.2 Å². The van der Waals surface area contributed by atoms with Gasteiger partial charge in [-0.2, -0.15) is 10.2 Å². The maximum Gasteiger partial charge on any atom is 0.119 e. The molecule has 5 nitrogen and oxygen atoms in total. The van der Waals surface area contributed by atoms with Crippen LogP contribution in [0.3, 0.4) is 0 Å². The van der Waals surface area contributed by atoms with Crippen LogP contribution in [-0.2, 0) is 0 Å². The molecule has 41 heavy (non-hydrogen) atoms. The number of rotatable bonds is 9. The molecule has 4 aromatic rings. The Balaban J connectivity index is 1.25. The summed E-state index contributed by atoms with van der Waals surface area (Å²) in [5.41, 5.74) is 12.5. The van der Waals surface area contributed by atoms with E-state index >= 15 is 0 Å². The second kappa shape index (κ2) is 12.6. The van der Waals surface area contributed by atoms with E-state index in [2.05, 4.69) is 85.8 Å². The number of hydrogen-bond donors (Lipinski definition) is 0. The number of benzene rings is 4. The molecule has 0 amide bonds. The molecule has 0 bridgehead atoms. The number of nitrogens with zero attached hydrogens (tertiary/aromatic N) is 4. The van der Waals surface area contributed by atoms with E-state index in [0.29, 0.717) is 12.6 Å². The van der Waals surface area contributed by atoms with Gasteiger partial charge in [0.2, 0.25) is 0 Å². The Morgan fingerprint density at radius 1 is 0.683 bits per heavy atom. The molecule has 1 atom stereocenters. The van der Waals surface area contributed by atoms with Crippen LogP contribution in [0.4, 0.5) is 22.7 Å². The molecule has 1 fully saturated rings. The highest BCUT2D eigenvalue weighted by atomic mass is 16.5. The predicted molar refractivity (Wildman–Crippen MR) is 172 cm³/mol. The Bertz CT molecular complexity index is 1460. The van der Waals surface area contributed by atoms with Crippen LogP contribution in [0.15, 0.2) is 89.1 Å². The van der Waals surface area contributed by atoms with E-state index in [4.69, 9.17) is 4.74 Å². The number of anilines is 2. The van der Waals surface area contributed by atoms with Gasteiger partial charge in [-0.15, -0.1) is 0 Å². The lowest BCUT2D eigenvalue weighted by Crippen LogP contribution is -2.32. The topological polar surface area (TPSA) is 40.4 Å². The minimum Gasteiger partial charge on any atom is -0.494 e. The van der Waals surface area contributed by atoms with Crippen LogP contribution in [-0.4, -0.2) is 25.9 Å². The molecule has 1 heterocycles. The van der Waals surface area contributed by atoms with Gasteiger partial charge in [0.25, 0.3) is 0 Å². The van der Waals surface area contributed by atoms with Gasteiger partial charge < -0.3 is 14.5 Å². The van der Waals surface area contributed by atoms with E-state index in [0.717, 1.165) is 43.2 Å². The van der Waals surface area contributed by atoms with E-state index in [1.165, 1.54) is 44.8 Å². The van der Waals surface area contributed by atoms with Crippen molar-refractivity contribution in [1.29, 1.82) is 0 Å². The normalized spacial score (nSPS) is 15.2. The largest absolute Gasteiger partial charge is 0.494 e. The van der Waals surface area contributed by atoms with Gasteiger partial charge in [0.15, 0.2) is 0 Å². The second-order valence-corrected chi connectivity index (χ2v) is 11.5. The van der Waals surface area contributed by atoms with Crippen LogP contribution in [0.5, 0.6) is 5.75 Å². The summed E-state index contributed by atoms with van der Waals surface area (Å²) in [5.74, 6) is 0.865. The van der Waals surface area contributed by atoms with Crippen LogP contribution in [0.2, 0.25) is 0 Å². The SMILES string of the molecule is Cc1cc(C)c(N2CC(CCCOc3ccc(N=Nc4ccccc4)cc3)N(c3c(C)cc(C)cc3C)C2)c(C)c1. The van der Waals surface area contributed by atoms with E-state index in [1.54, 1.807) is 0 Å². The third-order valence-corrected chi connectivity index (χ3v) is 7.89. The molecule has 1 saturated heterocycles. The second-order valence-electron chi connectivity index (χ2n) is 11.5. The molecule has 212 valence electrons. The molecule has 4 aromatic carbocycles. The molecule has 0 aromatic heterocycles. The highest BCUT2D eigenvalue weighted by Crippen LogP contribution is 2.36. The Morgan fingerprint density at radius 2 is 1.22 bits per heavy atom. The molecule has 0 N–H and O–H groups in total. The molecule has 0 saturated carbocycles. The first-order valence-corrected chi connectivity index (χ1v) is 14.7. The van der Waals surface area contributed by atoms with Crippen molar-refractivity contribution in [3.05, 3.63) is 112 Å². The molecule has 1 aliphatic rings. The Kier molecular flexibility index (Phi) is 8.72. The van der Waals surface area contributed by atoms with Gasteiger partial charge in [-0.05, 0) is 113 Å². The van der Waals surface area contributed by atoms with Crippen molar-refractivity contribution in [2.45, 2.75) is 60.4 Å². The fourth-order valence-electron chi connectivity index (χ4n) is 6.40. The van der Waals surface area contributed by atoms with Crippen LogP contribution >= 0.6 is 0 Å². The van der Waals surface area contributed by atoms with Crippen molar-refractivity contribution in [3.63, 3.8) is 0 Å². The molecule has 0 radical (unpaired) electrons. The van der Waals surface area contributed by atoms with Gasteiger partial charge in [0.1, 0.15) is 5.75 Å². The van der Waals surface area contributed by atoms with Gasteiger partial charge in [-0.3, -0.25) is 0 Å². The summed E-state index contributed by atoms with van der Waals surface area (Å²) in [6, 6.07) is 27.3. The number of aryl methyl sites for hydroxylation is 6. The molecule has 1 unspecified atom stereocenters. The highest BCUT2D eigenvalue weighted by Gasteiger charge is 2.33. The van der Waals surface area contributed by atoms with Crippen LogP contribution in [0, 0.1) is 41.5 Å². The number of azo groups is 1. The zero-order chi connectivity index (χ0) is 28.9. The summed E-state index contributed by atoms with van der Waals surface area (Å²) < 4.78 is 6.15. The van der Waals surface area contributed by atoms with E-state index < -0.39 is 0 Å². The molecule has 1 aliphatic heterocycles. The maximum atomic E-state index is 6.15. The summed E-state index contributed by atoms with van der Waals surface area (Å²) in [6.45, 7) is 16.0. The van der Waals surface area contributed by atoms with Crippen molar-refractivity contribution in [1.82, 2.24) is 0 Å². The first-order chi connectivity index (χ1) is 19.8. The Morgan fingerprint density at radius 3 is 1.80 bits per heavy atom. The average molecular weight is 547 g/mol. The smallest absolute Gasteiger partial charge is 0.119 e. The van der Waals surface area contributed by atoms with Gasteiger partial charge >= 0.3 is 0 Å². The molecular formula is C36H42N4O. The first-order valence-electron chi connectivity index (χ1n) is 14.7. The lowest BCUT2D eigenvalue weighted by atomic mass is 10.0. The van der Waals surface area contributed by atoms with E-state index in [-0.39, 0.29) is 0 Å². The van der Waals surface area contributed by atoms with E-state index in [1.807, 2.05) is 54.6 Å². The predicted octanol–water partition coefficient (Wildman–Crippen LogP) is 9.46. The summed E-state index contributed by atoms with van der Waals surface area (Å²) in [5, 5.41) is 8.62. The molecule has 5 heteroatoms. The fraction of sp³-hybridized carbons (Fsp3) is 0.333. The van der Waals surface area contributed by atoms with Crippen molar-refractivity contribution >= 4 is 22.7 Å². The van der Waals surface area contributed by atoms with Crippen molar-refractivity contribution in [3.8, 4) is 5.75 Å². The lowest BCUT2D eigenvalue weighted by Gasteiger charge is -2.29. The molecule has 0 spiro atoms. The molecule has 0 aliphatic carbocycles. The summed E-state index contributed by atoms with van der Waals surface area (Å²) in [6.07, 6.45) is 2.05. The Labute approximate surface area is 245 Å². The molecular weight excluding hydrogens is 504 g/mol. The lowest BCUT2D eigenvalue weighted by molar-refractivity contribution is 0.302. The van der Waals surface area contributed by atoms with Gasteiger partial charge in [0, 0.05) is 24.0 Å². The third kappa shape index (κ3) is 6.79. The number of ether oxygens (including phenoxy) is 1. The summed E-state index contributed by atoms with van der Waals surface area (Å²) in [7, 11) is 0. The summed E-state index contributed by atoms with van der Waals surface area (Å²) >= 11 is 0. The standard InChI is InChI=1S/C36H42N4O/c1-25-19-27(3)35(28(4)20-25)39-23-33(40(24-39)36-29(5)21-26(2)22-30(36)6)13-10-18-41-34-16-14-32(15-17-34)38-37-31-11-8-7-9-12-31/h7-9,11-12,14-17,19-22,33H,10,13,18,23-24H2,1-6H3. The Hall–Kier alpha value is -4.12. The maximum absolute atomic E-state index is 6.15. The zero-order valence-corrected chi connectivity index (χ0v) is 25.3. The van der Waals surface area contributed by atoms with Crippen LogP contribution in [0.25, 0.3) is 0 Å². The van der Waals surface area contributed by atoms with Gasteiger partial charge in [-0.1, -0.05) is 53.6 Å². The number of hydrogen-bond acceptors (Lipinski definition) is 5. The minimum atomic E-state index is 0.416. The minimum absolute atomic E-state index is 0.416. The average Bonchev–Trinajstić information content (AvgIpc) is 3.32. The third-order valence-electron chi connectivity index (χ3n) is 7.89. The van der Waals surface area contributed by atoms with Crippen LogP contribution < -0.4 is 14.5 Å². The molecule has 5 rings (SSSR count). The van der Waals surface area contributed by atoms with E-state index in [9.17, 15) is 0 Å². The summed E-state index contributed by atoms with van der Waals surface area (Å²) in [4.78, 5) is 5.21. The first kappa shape index (κ1) is 28.4. The highest BCUT2D eigenvalue weighted by molar-refractivity contribution is 5.67. The fourth-order valence-corrected chi connectivity index (χ4v) is 6.40. The monoisotopic (exact) mass is 546 g/mol. The van der Waals surface area contributed by atoms with Crippen molar-refractivity contribution < 1.29 is 4.74 Å². The van der Waals surface area contributed by atoms with Gasteiger partial charge in [-0.25, -0.2) is 0 Å².